The maximum atomic E-state index is 10.2. The molecule has 2 rings (SSSR count). The Labute approximate surface area is 105 Å². The van der Waals surface area contributed by atoms with Crippen molar-refractivity contribution in [2.45, 2.75) is 50.7 Å². The molecule has 2 saturated carbocycles. The molecule has 18 heavy (non-hydrogen) atoms. The zero-order valence-corrected chi connectivity index (χ0v) is 10.6. The molecule has 6 nitrogen and oxygen atoms in total. The first kappa shape index (κ1) is 14.9. The van der Waals surface area contributed by atoms with Gasteiger partial charge in [-0.05, 0) is 39.5 Å². The number of hydrogen-bond donors (Lipinski definition) is 4. The predicted octanol–water partition coefficient (Wildman–Crippen LogP) is 0.464. The fourth-order valence-electron chi connectivity index (χ4n) is 2.35. The molecule has 0 unspecified atom stereocenters. The lowest BCUT2D eigenvalue weighted by Crippen LogP contribution is -2.44. The van der Waals surface area contributed by atoms with Gasteiger partial charge in [0.25, 0.3) is 0 Å². The molecule has 0 radical (unpaired) electrons. The quantitative estimate of drug-likeness (QED) is 0.573. The Morgan fingerprint density at radius 3 is 1.11 bits per heavy atom. The number of carboxylic acid groups (broad SMARTS) is 2. The third-order valence-electron chi connectivity index (χ3n) is 3.44. The predicted molar refractivity (Wildman–Crippen MR) is 62.0 cm³/mol. The lowest BCUT2D eigenvalue weighted by molar-refractivity contribution is -0.156. The highest BCUT2D eigenvalue weighted by Crippen LogP contribution is 2.37. The fraction of sp³-hybridized carbons (Fsp3) is 0.833. The van der Waals surface area contributed by atoms with Gasteiger partial charge in [0.05, 0.1) is 23.0 Å². The van der Waals surface area contributed by atoms with Crippen LogP contribution < -0.4 is 0 Å². The van der Waals surface area contributed by atoms with Gasteiger partial charge < -0.3 is 20.4 Å². The summed E-state index contributed by atoms with van der Waals surface area (Å²) in [4.78, 5) is 20.3. The van der Waals surface area contributed by atoms with Crippen molar-refractivity contribution < 1.29 is 30.0 Å². The molecule has 0 bridgehead atoms. The van der Waals surface area contributed by atoms with E-state index in [1.807, 2.05) is 0 Å². The van der Waals surface area contributed by atoms with E-state index < -0.39 is 23.1 Å². The van der Waals surface area contributed by atoms with Crippen molar-refractivity contribution in [1.82, 2.24) is 0 Å². The van der Waals surface area contributed by atoms with E-state index >= 15 is 0 Å². The van der Waals surface area contributed by atoms with Crippen molar-refractivity contribution >= 4 is 11.9 Å². The molecule has 0 spiro atoms. The van der Waals surface area contributed by atoms with Gasteiger partial charge >= 0.3 is 11.9 Å². The van der Waals surface area contributed by atoms with Gasteiger partial charge in [-0.2, -0.15) is 0 Å². The summed E-state index contributed by atoms with van der Waals surface area (Å²) in [6, 6.07) is 0. The average Bonchev–Trinajstić information content (AvgIpc) is 2.10. The molecule has 0 amide bonds. The topological polar surface area (TPSA) is 115 Å². The van der Waals surface area contributed by atoms with Crippen LogP contribution in [0.25, 0.3) is 0 Å². The van der Waals surface area contributed by atoms with Crippen LogP contribution in [0.5, 0.6) is 0 Å². The molecule has 4 N–H and O–H groups in total. The summed E-state index contributed by atoms with van der Waals surface area (Å²) in [6.07, 6.45) is 1.62. The highest BCUT2D eigenvalue weighted by atomic mass is 16.4. The van der Waals surface area contributed by atoms with E-state index in [1.54, 1.807) is 13.8 Å². The number of rotatable bonds is 2. The summed E-state index contributed by atoms with van der Waals surface area (Å²) in [6.45, 7) is 3.32. The Hall–Kier alpha value is -1.14. The minimum absolute atomic E-state index is 0.306. The largest absolute Gasteiger partial charge is 0.481 e. The number of carboxylic acids is 2. The van der Waals surface area contributed by atoms with Gasteiger partial charge in [-0.15, -0.1) is 0 Å². The van der Waals surface area contributed by atoms with Crippen LogP contribution in [0.1, 0.15) is 39.5 Å². The van der Waals surface area contributed by atoms with E-state index in [9.17, 15) is 9.59 Å². The molecule has 0 aromatic carbocycles. The first-order valence-electron chi connectivity index (χ1n) is 5.93. The molecule has 104 valence electrons. The van der Waals surface area contributed by atoms with Crippen LogP contribution in [0.3, 0.4) is 0 Å². The molecule has 0 aliphatic heterocycles. The van der Waals surface area contributed by atoms with Crippen molar-refractivity contribution in [2.24, 2.45) is 11.8 Å². The highest BCUT2D eigenvalue weighted by Gasteiger charge is 2.43. The molecular formula is C12H20O6. The standard InChI is InChI=1S/2C6H10O3/c2*1-6(9)2-4(3-6)5(7)8/h2*4,9H,2-3H2,1H3,(H,7,8). The van der Waals surface area contributed by atoms with E-state index in [-0.39, 0.29) is 11.8 Å². The Morgan fingerprint density at radius 1 is 0.833 bits per heavy atom. The van der Waals surface area contributed by atoms with Crippen LogP contribution >= 0.6 is 0 Å². The average molecular weight is 260 g/mol. The van der Waals surface area contributed by atoms with E-state index in [0.29, 0.717) is 25.7 Å². The molecule has 0 aromatic rings. The Morgan fingerprint density at radius 2 is 1.06 bits per heavy atom. The van der Waals surface area contributed by atoms with Gasteiger partial charge in [0.15, 0.2) is 0 Å². The smallest absolute Gasteiger partial charge is 0.306 e. The second-order valence-electron chi connectivity index (χ2n) is 5.88. The van der Waals surface area contributed by atoms with Crippen LogP contribution in [0.2, 0.25) is 0 Å². The molecule has 0 saturated heterocycles. The van der Waals surface area contributed by atoms with Crippen molar-refractivity contribution in [3.63, 3.8) is 0 Å². The van der Waals surface area contributed by atoms with Gasteiger partial charge in [0.2, 0.25) is 0 Å². The first-order valence-corrected chi connectivity index (χ1v) is 5.93. The molecule has 2 aliphatic rings. The molecule has 2 aliphatic carbocycles. The van der Waals surface area contributed by atoms with Crippen LogP contribution in [0.15, 0.2) is 0 Å². The van der Waals surface area contributed by atoms with Crippen LogP contribution in [-0.2, 0) is 9.59 Å². The Bertz CT molecular complexity index is 296. The van der Waals surface area contributed by atoms with Gasteiger partial charge in [-0.3, -0.25) is 9.59 Å². The lowest BCUT2D eigenvalue weighted by atomic mass is 9.72. The minimum Gasteiger partial charge on any atom is -0.481 e. The molecule has 6 heteroatoms. The zero-order valence-electron chi connectivity index (χ0n) is 10.6. The van der Waals surface area contributed by atoms with Crippen molar-refractivity contribution in [3.8, 4) is 0 Å². The minimum atomic E-state index is -0.790. The monoisotopic (exact) mass is 260 g/mol. The molecule has 0 atom stereocenters. The normalized spacial score (nSPS) is 41.8. The number of carbonyl (C=O) groups is 2. The summed E-state index contributed by atoms with van der Waals surface area (Å²) in [5.41, 5.74) is -1.41. The molecular weight excluding hydrogens is 240 g/mol. The van der Waals surface area contributed by atoms with Gasteiger partial charge in [-0.1, -0.05) is 0 Å². The van der Waals surface area contributed by atoms with Crippen LogP contribution in [0.4, 0.5) is 0 Å². The third-order valence-corrected chi connectivity index (χ3v) is 3.44. The summed E-state index contributed by atoms with van der Waals surface area (Å²) in [5, 5.41) is 34.8. The number of aliphatic hydroxyl groups is 2. The number of hydrogen-bond acceptors (Lipinski definition) is 4. The van der Waals surface area contributed by atoms with Crippen molar-refractivity contribution in [3.05, 3.63) is 0 Å². The van der Waals surface area contributed by atoms with Gasteiger partial charge in [0.1, 0.15) is 0 Å². The maximum Gasteiger partial charge on any atom is 0.306 e. The third kappa shape index (κ3) is 3.96. The second-order valence-corrected chi connectivity index (χ2v) is 5.88. The van der Waals surface area contributed by atoms with Crippen molar-refractivity contribution in [1.29, 1.82) is 0 Å². The Balaban J connectivity index is 0.000000180. The summed E-state index contributed by atoms with van der Waals surface area (Å²) in [5.74, 6) is -2.19. The van der Waals surface area contributed by atoms with Crippen LogP contribution in [-0.4, -0.2) is 43.6 Å². The van der Waals surface area contributed by atoms with E-state index in [4.69, 9.17) is 20.4 Å². The van der Waals surface area contributed by atoms with Crippen molar-refractivity contribution in [2.75, 3.05) is 0 Å². The number of aliphatic carboxylic acids is 2. The molecule has 0 aromatic heterocycles. The summed E-state index contributed by atoms with van der Waals surface area (Å²) >= 11 is 0. The molecule has 2 fully saturated rings. The highest BCUT2D eigenvalue weighted by molar-refractivity contribution is 5.71. The Kier molecular flexibility index (Phi) is 4.02. The van der Waals surface area contributed by atoms with Gasteiger partial charge in [0, 0.05) is 0 Å². The summed E-state index contributed by atoms with van der Waals surface area (Å²) in [7, 11) is 0. The first-order chi connectivity index (χ1) is 8.02. The second kappa shape index (κ2) is 4.85. The van der Waals surface area contributed by atoms with Gasteiger partial charge in [-0.25, -0.2) is 0 Å². The summed E-state index contributed by atoms with van der Waals surface area (Å²) < 4.78 is 0. The van der Waals surface area contributed by atoms with E-state index in [1.165, 1.54) is 0 Å². The zero-order chi connectivity index (χ0) is 14.1. The SMILES string of the molecule is CC1(O)CC(C(=O)O)C1.CC1(O)CC(C(=O)O)C1. The molecule has 0 heterocycles. The fourth-order valence-corrected chi connectivity index (χ4v) is 2.35. The van der Waals surface area contributed by atoms with E-state index in [0.717, 1.165) is 0 Å². The lowest BCUT2D eigenvalue weighted by Gasteiger charge is -2.38. The van der Waals surface area contributed by atoms with E-state index in [2.05, 4.69) is 0 Å². The van der Waals surface area contributed by atoms with Crippen LogP contribution in [0, 0.1) is 11.8 Å². The maximum absolute atomic E-state index is 10.2.